The van der Waals surface area contributed by atoms with Crippen molar-refractivity contribution in [3.63, 3.8) is 0 Å². The Morgan fingerprint density at radius 1 is 1.14 bits per heavy atom. The number of rotatable bonds is 8. The Morgan fingerprint density at radius 3 is 2.55 bits per heavy atom. The van der Waals surface area contributed by atoms with Crippen LogP contribution in [0.5, 0.6) is 0 Å². The molecule has 29 heavy (non-hydrogen) atoms. The Morgan fingerprint density at radius 2 is 1.86 bits per heavy atom. The quantitative estimate of drug-likeness (QED) is 0.522. The number of aryl methyl sites for hydroxylation is 1. The van der Waals surface area contributed by atoms with Crippen LogP contribution < -0.4 is 10.5 Å². The minimum Gasteiger partial charge on any atom is -0.411 e. The molecule has 0 saturated heterocycles. The Balaban J connectivity index is 1.44. The lowest BCUT2D eigenvalue weighted by molar-refractivity contribution is -0.118. The summed E-state index contributed by atoms with van der Waals surface area (Å²) in [5, 5.41) is 16.2. The number of hydrogen-bond donors (Lipinski definition) is 2. The first-order valence-electron chi connectivity index (χ1n) is 8.73. The van der Waals surface area contributed by atoms with E-state index in [1.54, 1.807) is 12.1 Å². The molecule has 3 aromatic rings. The van der Waals surface area contributed by atoms with Crippen LogP contribution >= 0.6 is 11.8 Å². The number of carbonyl (C=O) groups excluding carboxylic acids is 1. The lowest BCUT2D eigenvalue weighted by atomic mass is 10.1. The van der Waals surface area contributed by atoms with Gasteiger partial charge in [0.2, 0.25) is 21.8 Å². The van der Waals surface area contributed by atoms with E-state index in [0.717, 1.165) is 16.7 Å². The smallest absolute Gasteiger partial charge is 0.277 e. The summed E-state index contributed by atoms with van der Waals surface area (Å²) >= 11 is 1.17. The van der Waals surface area contributed by atoms with Crippen molar-refractivity contribution in [1.29, 1.82) is 0 Å². The van der Waals surface area contributed by atoms with Crippen molar-refractivity contribution in [2.24, 2.45) is 5.14 Å². The number of nitrogens with two attached hydrogens (primary N) is 1. The van der Waals surface area contributed by atoms with Crippen LogP contribution in [0.25, 0.3) is 11.5 Å². The molecule has 0 unspecified atom stereocenters. The van der Waals surface area contributed by atoms with Crippen molar-refractivity contribution >= 4 is 27.7 Å². The summed E-state index contributed by atoms with van der Waals surface area (Å²) in [5.41, 5.74) is 2.79. The maximum atomic E-state index is 12.0. The number of nitrogens with one attached hydrogen (secondary N) is 1. The van der Waals surface area contributed by atoms with Crippen LogP contribution in [0.1, 0.15) is 11.1 Å². The number of aromatic nitrogens is 2. The van der Waals surface area contributed by atoms with Gasteiger partial charge in [-0.05, 0) is 42.7 Å². The van der Waals surface area contributed by atoms with Crippen molar-refractivity contribution in [3.05, 3.63) is 59.7 Å². The third kappa shape index (κ3) is 5.89. The summed E-state index contributed by atoms with van der Waals surface area (Å²) in [7, 11) is -3.70. The van der Waals surface area contributed by atoms with E-state index in [0.29, 0.717) is 24.1 Å². The molecule has 0 atom stereocenters. The molecule has 0 radical (unpaired) electrons. The average molecular weight is 433 g/mol. The highest BCUT2D eigenvalue weighted by atomic mass is 32.2. The van der Waals surface area contributed by atoms with E-state index in [1.807, 2.05) is 31.2 Å². The van der Waals surface area contributed by atoms with Crippen LogP contribution in [-0.4, -0.2) is 36.8 Å². The minimum absolute atomic E-state index is 0.0614. The van der Waals surface area contributed by atoms with E-state index < -0.39 is 10.0 Å². The van der Waals surface area contributed by atoms with Gasteiger partial charge in [0, 0.05) is 12.1 Å². The zero-order valence-corrected chi connectivity index (χ0v) is 17.3. The molecule has 0 aliphatic carbocycles. The second-order valence-corrected chi connectivity index (χ2v) is 8.75. The topological polar surface area (TPSA) is 128 Å². The number of thioether (sulfide) groups is 1. The molecule has 1 amide bonds. The van der Waals surface area contributed by atoms with E-state index >= 15 is 0 Å². The van der Waals surface area contributed by atoms with Gasteiger partial charge in [0.1, 0.15) is 0 Å². The second-order valence-electron chi connectivity index (χ2n) is 6.27. The highest BCUT2D eigenvalue weighted by Gasteiger charge is 2.12. The third-order valence-corrected chi connectivity index (χ3v) is 5.84. The number of sulfonamides is 1. The number of amides is 1. The predicted octanol–water partition coefficient (Wildman–Crippen LogP) is 2.14. The highest BCUT2D eigenvalue weighted by molar-refractivity contribution is 7.99. The molecule has 1 heterocycles. The zero-order valence-electron chi connectivity index (χ0n) is 15.7. The molecular weight excluding hydrogens is 412 g/mol. The molecule has 0 aliphatic rings. The molecule has 3 rings (SSSR count). The van der Waals surface area contributed by atoms with E-state index in [4.69, 9.17) is 9.56 Å². The fraction of sp³-hybridized carbons (Fsp3) is 0.211. The third-order valence-electron chi connectivity index (χ3n) is 4.10. The summed E-state index contributed by atoms with van der Waals surface area (Å²) in [6.07, 6.45) is 0.569. The second kappa shape index (κ2) is 9.21. The maximum Gasteiger partial charge on any atom is 0.277 e. The number of benzene rings is 2. The fourth-order valence-electron chi connectivity index (χ4n) is 2.56. The lowest BCUT2D eigenvalue weighted by Crippen LogP contribution is -2.27. The normalized spacial score (nSPS) is 11.4. The van der Waals surface area contributed by atoms with E-state index in [-0.39, 0.29) is 16.6 Å². The summed E-state index contributed by atoms with van der Waals surface area (Å²) in [6.45, 7) is 2.38. The van der Waals surface area contributed by atoms with E-state index in [2.05, 4.69) is 15.5 Å². The molecule has 8 nitrogen and oxygen atoms in total. The number of primary sulfonamides is 1. The van der Waals surface area contributed by atoms with Crippen molar-refractivity contribution in [2.75, 3.05) is 12.3 Å². The summed E-state index contributed by atoms with van der Waals surface area (Å²) in [6, 6.07) is 13.9. The van der Waals surface area contributed by atoms with Crippen molar-refractivity contribution in [2.45, 2.75) is 23.5 Å². The van der Waals surface area contributed by atoms with Gasteiger partial charge >= 0.3 is 0 Å². The molecule has 10 heteroatoms. The van der Waals surface area contributed by atoms with Gasteiger partial charge in [0.15, 0.2) is 0 Å². The standard InChI is InChI=1S/C19H20N4O4S2/c1-13-4-2-3-5-16(13)18-22-23-19(27-18)28-12-17(24)21-11-10-14-6-8-15(9-7-14)29(20,25)26/h2-9H,10-12H2,1H3,(H,21,24)(H2,20,25,26). The van der Waals surface area contributed by atoms with E-state index in [1.165, 1.54) is 23.9 Å². The Kier molecular flexibility index (Phi) is 6.68. The molecule has 0 aliphatic heterocycles. The van der Waals surface area contributed by atoms with Crippen LogP contribution in [0, 0.1) is 6.92 Å². The number of carbonyl (C=O) groups is 1. The zero-order chi connectivity index (χ0) is 20.9. The summed E-state index contributed by atoms with van der Waals surface area (Å²) in [4.78, 5) is 12.1. The van der Waals surface area contributed by atoms with Crippen LogP contribution in [0.3, 0.4) is 0 Å². The first-order valence-corrected chi connectivity index (χ1v) is 11.3. The maximum absolute atomic E-state index is 12.0. The Labute approximate surface area is 173 Å². The average Bonchev–Trinajstić information content (AvgIpc) is 3.15. The lowest BCUT2D eigenvalue weighted by Gasteiger charge is -2.05. The van der Waals surface area contributed by atoms with Gasteiger partial charge in [-0.15, -0.1) is 10.2 Å². The molecular formula is C19H20N4O4S2. The largest absolute Gasteiger partial charge is 0.411 e. The molecule has 3 N–H and O–H groups in total. The van der Waals surface area contributed by atoms with Gasteiger partial charge in [-0.3, -0.25) is 4.79 Å². The first kappa shape index (κ1) is 21.0. The van der Waals surface area contributed by atoms with E-state index in [9.17, 15) is 13.2 Å². The Bertz CT molecular complexity index is 1100. The molecule has 152 valence electrons. The highest BCUT2D eigenvalue weighted by Crippen LogP contribution is 2.25. The van der Waals surface area contributed by atoms with Crippen molar-refractivity contribution in [3.8, 4) is 11.5 Å². The van der Waals surface area contributed by atoms with Gasteiger partial charge in [0.05, 0.1) is 10.6 Å². The van der Waals surface area contributed by atoms with Crippen LogP contribution in [0.4, 0.5) is 0 Å². The molecule has 0 saturated carbocycles. The van der Waals surface area contributed by atoms with Crippen molar-refractivity contribution in [1.82, 2.24) is 15.5 Å². The van der Waals surface area contributed by atoms with Crippen LogP contribution in [-0.2, 0) is 21.2 Å². The molecule has 2 aromatic carbocycles. The predicted molar refractivity (Wildman–Crippen MR) is 110 cm³/mol. The van der Waals surface area contributed by atoms with Crippen LogP contribution in [0.15, 0.2) is 63.1 Å². The summed E-state index contributed by atoms with van der Waals surface area (Å²) < 4.78 is 28.1. The van der Waals surface area contributed by atoms with Crippen LogP contribution in [0.2, 0.25) is 0 Å². The molecule has 0 bridgehead atoms. The number of nitrogens with zero attached hydrogens (tertiary/aromatic N) is 2. The van der Waals surface area contributed by atoms with Gasteiger partial charge in [0.25, 0.3) is 5.22 Å². The van der Waals surface area contributed by atoms with Gasteiger partial charge in [-0.25, -0.2) is 13.6 Å². The summed E-state index contributed by atoms with van der Waals surface area (Å²) in [5.74, 6) is 0.417. The minimum atomic E-state index is -3.70. The van der Waals surface area contributed by atoms with Gasteiger partial charge in [-0.1, -0.05) is 42.1 Å². The first-order chi connectivity index (χ1) is 13.8. The van der Waals surface area contributed by atoms with Gasteiger partial charge < -0.3 is 9.73 Å². The van der Waals surface area contributed by atoms with Gasteiger partial charge in [-0.2, -0.15) is 0 Å². The monoisotopic (exact) mass is 432 g/mol. The fourth-order valence-corrected chi connectivity index (χ4v) is 3.67. The Hall–Kier alpha value is -2.69. The molecule has 0 fully saturated rings. The SMILES string of the molecule is Cc1ccccc1-c1nnc(SCC(=O)NCCc2ccc(S(N)(=O)=O)cc2)o1. The molecule has 1 aromatic heterocycles. The van der Waals surface area contributed by atoms with Crippen molar-refractivity contribution < 1.29 is 17.6 Å². The molecule has 0 spiro atoms. The number of hydrogen-bond acceptors (Lipinski definition) is 7.